The maximum absolute atomic E-state index is 13.4. The Labute approximate surface area is 154 Å². The van der Waals surface area contributed by atoms with Gasteiger partial charge in [-0.2, -0.15) is 17.0 Å². The third kappa shape index (κ3) is 4.28. The number of hydrogen-bond donors (Lipinski definition) is 0. The van der Waals surface area contributed by atoms with Crippen molar-refractivity contribution >= 4 is 10.2 Å². The highest BCUT2D eigenvalue weighted by molar-refractivity contribution is 7.86. The molecular formula is C19H24FN3O2S. The van der Waals surface area contributed by atoms with Gasteiger partial charge in [0, 0.05) is 50.9 Å². The second kappa shape index (κ2) is 7.82. The molecule has 1 saturated heterocycles. The summed E-state index contributed by atoms with van der Waals surface area (Å²) in [5.41, 5.74) is 2.78. The zero-order valence-electron chi connectivity index (χ0n) is 15.1. The van der Waals surface area contributed by atoms with E-state index in [4.69, 9.17) is 4.98 Å². The lowest BCUT2D eigenvalue weighted by Crippen LogP contribution is -2.44. The minimum Gasteiger partial charge on any atom is -0.257 e. The van der Waals surface area contributed by atoms with Gasteiger partial charge in [0.15, 0.2) is 0 Å². The van der Waals surface area contributed by atoms with E-state index in [1.165, 1.54) is 20.7 Å². The van der Waals surface area contributed by atoms with E-state index in [2.05, 4.69) is 0 Å². The molecule has 1 fully saturated rings. The van der Waals surface area contributed by atoms with Crippen molar-refractivity contribution in [3.63, 3.8) is 0 Å². The quantitative estimate of drug-likeness (QED) is 0.805. The minimum atomic E-state index is -3.35. The topological polar surface area (TPSA) is 53.5 Å². The van der Waals surface area contributed by atoms with Gasteiger partial charge in [-0.05, 0) is 42.7 Å². The molecule has 1 aliphatic heterocycles. The summed E-state index contributed by atoms with van der Waals surface area (Å²) < 4.78 is 40.6. The van der Waals surface area contributed by atoms with Crippen LogP contribution in [0, 0.1) is 5.82 Å². The van der Waals surface area contributed by atoms with Crippen LogP contribution in [-0.4, -0.2) is 49.2 Å². The van der Waals surface area contributed by atoms with Gasteiger partial charge in [-0.1, -0.05) is 18.2 Å². The van der Waals surface area contributed by atoms with Gasteiger partial charge >= 0.3 is 0 Å². The van der Waals surface area contributed by atoms with Crippen molar-refractivity contribution in [2.24, 2.45) is 0 Å². The summed E-state index contributed by atoms with van der Waals surface area (Å²) in [6, 6.07) is 12.5. The lowest BCUT2D eigenvalue weighted by molar-refractivity contribution is 0.300. The van der Waals surface area contributed by atoms with E-state index in [-0.39, 0.29) is 11.7 Å². The molecule has 5 nitrogen and oxygen atoms in total. The van der Waals surface area contributed by atoms with Gasteiger partial charge in [0.1, 0.15) is 5.82 Å². The zero-order valence-corrected chi connectivity index (χ0v) is 15.9. The predicted molar refractivity (Wildman–Crippen MR) is 99.6 cm³/mol. The predicted octanol–water partition coefficient (Wildman–Crippen LogP) is 2.80. The van der Waals surface area contributed by atoms with Gasteiger partial charge in [0.05, 0.1) is 0 Å². The molecule has 3 rings (SSSR count). The van der Waals surface area contributed by atoms with Crippen molar-refractivity contribution in [3.8, 4) is 0 Å². The van der Waals surface area contributed by atoms with E-state index in [0.717, 1.165) is 29.8 Å². The van der Waals surface area contributed by atoms with E-state index < -0.39 is 10.2 Å². The molecule has 1 aliphatic rings. The van der Waals surface area contributed by atoms with Gasteiger partial charge in [0.25, 0.3) is 10.2 Å². The molecule has 7 heteroatoms. The number of rotatable bonds is 5. The lowest BCUT2D eigenvalue weighted by atomic mass is 9.94. The first-order valence-corrected chi connectivity index (χ1v) is 10.1. The zero-order chi connectivity index (χ0) is 18.7. The summed E-state index contributed by atoms with van der Waals surface area (Å²) in [6.07, 6.45) is 2.09. The molecule has 140 valence electrons. The SMILES string of the molecule is CN(C)S(=O)(=O)N1CCC(c2cccc(Cc3cccc(F)c3)n2)CC1. The molecule has 0 saturated carbocycles. The highest BCUT2D eigenvalue weighted by atomic mass is 32.2. The van der Waals surface area contributed by atoms with Crippen molar-refractivity contribution < 1.29 is 12.8 Å². The first kappa shape index (κ1) is 18.9. The molecule has 26 heavy (non-hydrogen) atoms. The summed E-state index contributed by atoms with van der Waals surface area (Å²) in [6.45, 7) is 1.00. The number of nitrogens with zero attached hydrogens (tertiary/aromatic N) is 3. The Morgan fingerprint density at radius 1 is 1.15 bits per heavy atom. The third-order valence-corrected chi connectivity index (χ3v) is 6.70. The first-order chi connectivity index (χ1) is 12.4. The fraction of sp³-hybridized carbons (Fsp3) is 0.421. The van der Waals surface area contributed by atoms with Crippen LogP contribution in [0.15, 0.2) is 42.5 Å². The number of hydrogen-bond acceptors (Lipinski definition) is 3. The molecule has 1 aromatic heterocycles. The van der Waals surface area contributed by atoms with Crippen LogP contribution in [0.4, 0.5) is 4.39 Å². The molecule has 2 heterocycles. The Morgan fingerprint density at radius 3 is 2.50 bits per heavy atom. The Hall–Kier alpha value is -1.83. The number of halogens is 1. The van der Waals surface area contributed by atoms with Crippen molar-refractivity contribution in [1.29, 1.82) is 0 Å². The Kier molecular flexibility index (Phi) is 5.70. The van der Waals surface area contributed by atoms with E-state index in [9.17, 15) is 12.8 Å². The van der Waals surface area contributed by atoms with E-state index in [0.29, 0.717) is 19.5 Å². The van der Waals surface area contributed by atoms with Crippen LogP contribution in [0.1, 0.15) is 35.7 Å². The monoisotopic (exact) mass is 377 g/mol. The fourth-order valence-electron chi connectivity index (χ4n) is 3.29. The van der Waals surface area contributed by atoms with Crippen LogP contribution >= 0.6 is 0 Å². The van der Waals surface area contributed by atoms with Crippen LogP contribution in [0.25, 0.3) is 0 Å². The number of benzene rings is 1. The standard InChI is InChI=1S/C19H24FN3O2S/c1-22(2)26(24,25)23-11-9-16(10-12-23)19-8-4-7-18(21-19)14-15-5-3-6-17(20)13-15/h3-8,13,16H,9-12,14H2,1-2H3. The maximum atomic E-state index is 13.4. The Balaban J connectivity index is 1.68. The molecule has 0 unspecified atom stereocenters. The van der Waals surface area contributed by atoms with Gasteiger partial charge in [-0.3, -0.25) is 4.98 Å². The Bertz CT molecular complexity index is 863. The van der Waals surface area contributed by atoms with Gasteiger partial charge in [-0.25, -0.2) is 4.39 Å². The molecule has 0 bridgehead atoms. The average Bonchev–Trinajstić information content (AvgIpc) is 2.62. The molecule has 0 atom stereocenters. The van der Waals surface area contributed by atoms with Crippen LogP contribution in [-0.2, 0) is 16.6 Å². The molecular weight excluding hydrogens is 353 g/mol. The smallest absolute Gasteiger partial charge is 0.257 e. The summed E-state index contributed by atoms with van der Waals surface area (Å²) in [5.74, 6) is 0.00389. The van der Waals surface area contributed by atoms with Gasteiger partial charge in [-0.15, -0.1) is 0 Å². The summed E-state index contributed by atoms with van der Waals surface area (Å²) in [4.78, 5) is 4.74. The first-order valence-electron chi connectivity index (χ1n) is 8.74. The van der Waals surface area contributed by atoms with Gasteiger partial charge in [0.2, 0.25) is 0 Å². The van der Waals surface area contributed by atoms with Crippen molar-refractivity contribution in [3.05, 3.63) is 65.2 Å². The van der Waals surface area contributed by atoms with Crippen LogP contribution in [0.5, 0.6) is 0 Å². The van der Waals surface area contributed by atoms with Crippen LogP contribution in [0.3, 0.4) is 0 Å². The van der Waals surface area contributed by atoms with E-state index in [1.807, 2.05) is 24.3 Å². The molecule has 1 aromatic carbocycles. The molecule has 0 amide bonds. The largest absolute Gasteiger partial charge is 0.281 e. The van der Waals surface area contributed by atoms with Crippen molar-refractivity contribution in [2.75, 3.05) is 27.2 Å². The second-order valence-corrected chi connectivity index (χ2v) is 8.97. The summed E-state index contributed by atoms with van der Waals surface area (Å²) in [5, 5.41) is 0. The van der Waals surface area contributed by atoms with Crippen molar-refractivity contribution in [1.82, 2.24) is 13.6 Å². The second-order valence-electron chi connectivity index (χ2n) is 6.82. The molecule has 0 radical (unpaired) electrons. The molecule has 0 N–H and O–H groups in total. The van der Waals surface area contributed by atoms with E-state index >= 15 is 0 Å². The normalized spacial score (nSPS) is 16.9. The fourth-order valence-corrected chi connectivity index (χ4v) is 4.43. The van der Waals surface area contributed by atoms with Crippen molar-refractivity contribution in [2.45, 2.75) is 25.2 Å². The van der Waals surface area contributed by atoms with Crippen LogP contribution < -0.4 is 0 Å². The summed E-state index contributed by atoms with van der Waals surface area (Å²) in [7, 11) is -0.239. The number of piperidine rings is 1. The minimum absolute atomic E-state index is 0.242. The third-order valence-electron chi connectivity index (χ3n) is 4.76. The van der Waals surface area contributed by atoms with Crippen LogP contribution in [0.2, 0.25) is 0 Å². The van der Waals surface area contributed by atoms with E-state index in [1.54, 1.807) is 20.2 Å². The highest BCUT2D eigenvalue weighted by Gasteiger charge is 2.30. The highest BCUT2D eigenvalue weighted by Crippen LogP contribution is 2.28. The van der Waals surface area contributed by atoms with Gasteiger partial charge < -0.3 is 0 Å². The molecule has 0 aliphatic carbocycles. The maximum Gasteiger partial charge on any atom is 0.281 e. The molecule has 0 spiro atoms. The lowest BCUT2D eigenvalue weighted by Gasteiger charge is -2.32. The number of aromatic nitrogens is 1. The average molecular weight is 377 g/mol. The Morgan fingerprint density at radius 2 is 1.85 bits per heavy atom. The number of pyridine rings is 1. The molecule has 2 aromatic rings. The summed E-state index contributed by atoms with van der Waals surface area (Å²) >= 11 is 0.